The van der Waals surface area contributed by atoms with Crippen LogP contribution in [0.4, 0.5) is 5.82 Å². The van der Waals surface area contributed by atoms with E-state index in [2.05, 4.69) is 26.1 Å². The van der Waals surface area contributed by atoms with Gasteiger partial charge in [-0.3, -0.25) is 4.98 Å². The molecule has 20 heavy (non-hydrogen) atoms. The number of anilines is 1. The number of rotatable bonds is 2. The molecular formula is C14H9BrClN3O. The topological polar surface area (TPSA) is 64.9 Å². The molecule has 6 heteroatoms. The second-order valence-electron chi connectivity index (χ2n) is 4.13. The normalized spacial score (nSPS) is 10.7. The van der Waals surface area contributed by atoms with Crippen LogP contribution < -0.4 is 5.73 Å². The highest BCUT2D eigenvalue weighted by molar-refractivity contribution is 9.10. The van der Waals surface area contributed by atoms with Gasteiger partial charge >= 0.3 is 0 Å². The lowest BCUT2D eigenvalue weighted by Gasteiger charge is -2.05. The molecule has 2 heterocycles. The largest absolute Gasteiger partial charge is 0.380 e. The lowest BCUT2D eigenvalue weighted by atomic mass is 10.0. The number of nitrogens with two attached hydrogens (primary N) is 1. The van der Waals surface area contributed by atoms with Crippen LogP contribution in [-0.4, -0.2) is 10.1 Å². The van der Waals surface area contributed by atoms with Crippen molar-refractivity contribution in [1.29, 1.82) is 0 Å². The van der Waals surface area contributed by atoms with Crippen molar-refractivity contribution in [2.24, 2.45) is 0 Å². The highest BCUT2D eigenvalue weighted by Gasteiger charge is 2.19. The zero-order valence-corrected chi connectivity index (χ0v) is 12.5. The molecule has 0 amide bonds. The highest BCUT2D eigenvalue weighted by atomic mass is 79.9. The SMILES string of the molecule is Nc1noc(-c2cc(Cl)ccc2Br)c1-c1ccncc1. The second-order valence-corrected chi connectivity index (χ2v) is 5.42. The molecule has 0 aliphatic rings. The van der Waals surface area contributed by atoms with E-state index in [1.165, 1.54) is 0 Å². The third kappa shape index (κ3) is 2.30. The minimum Gasteiger partial charge on any atom is -0.380 e. The monoisotopic (exact) mass is 349 g/mol. The van der Waals surface area contributed by atoms with Crippen molar-refractivity contribution in [3.8, 4) is 22.5 Å². The predicted octanol–water partition coefficient (Wildman–Crippen LogP) is 4.40. The van der Waals surface area contributed by atoms with Gasteiger partial charge in [-0.1, -0.05) is 32.7 Å². The van der Waals surface area contributed by atoms with Gasteiger partial charge in [-0.05, 0) is 35.9 Å². The zero-order valence-electron chi connectivity index (χ0n) is 10.2. The maximum atomic E-state index is 6.05. The zero-order chi connectivity index (χ0) is 14.1. The molecule has 0 aliphatic heterocycles. The molecule has 2 aromatic heterocycles. The molecule has 0 atom stereocenters. The number of hydrogen-bond donors (Lipinski definition) is 1. The first kappa shape index (κ1) is 13.1. The van der Waals surface area contributed by atoms with Crippen molar-refractivity contribution in [2.45, 2.75) is 0 Å². The summed E-state index contributed by atoms with van der Waals surface area (Å²) in [4.78, 5) is 4.00. The molecule has 0 fully saturated rings. The number of aromatic nitrogens is 2. The molecule has 3 aromatic rings. The third-order valence-corrected chi connectivity index (χ3v) is 3.79. The van der Waals surface area contributed by atoms with Crippen molar-refractivity contribution in [1.82, 2.24) is 10.1 Å². The van der Waals surface area contributed by atoms with Gasteiger partial charge in [-0.25, -0.2) is 0 Å². The Hall–Kier alpha value is -1.85. The Morgan fingerprint density at radius 2 is 1.90 bits per heavy atom. The maximum Gasteiger partial charge on any atom is 0.178 e. The average molecular weight is 351 g/mol. The third-order valence-electron chi connectivity index (χ3n) is 2.86. The molecule has 0 saturated heterocycles. The summed E-state index contributed by atoms with van der Waals surface area (Å²) in [6.45, 7) is 0. The lowest BCUT2D eigenvalue weighted by molar-refractivity contribution is 0.436. The van der Waals surface area contributed by atoms with Gasteiger partial charge in [0.25, 0.3) is 0 Å². The predicted molar refractivity (Wildman–Crippen MR) is 82.3 cm³/mol. The summed E-state index contributed by atoms with van der Waals surface area (Å²) in [5, 5.41) is 4.47. The van der Waals surface area contributed by atoms with Crippen LogP contribution in [0, 0.1) is 0 Å². The van der Waals surface area contributed by atoms with Crippen LogP contribution in [0.25, 0.3) is 22.5 Å². The Kier molecular flexibility index (Phi) is 3.46. The van der Waals surface area contributed by atoms with Crippen LogP contribution in [0.15, 0.2) is 51.7 Å². The number of halogens is 2. The highest BCUT2D eigenvalue weighted by Crippen LogP contribution is 2.40. The molecule has 1 aromatic carbocycles. The molecule has 2 N–H and O–H groups in total. The number of nitrogen functional groups attached to an aromatic ring is 1. The van der Waals surface area contributed by atoms with Gasteiger partial charge in [0.15, 0.2) is 11.6 Å². The first-order chi connectivity index (χ1) is 9.66. The van der Waals surface area contributed by atoms with Crippen LogP contribution >= 0.6 is 27.5 Å². The molecule has 0 bridgehead atoms. The molecule has 0 spiro atoms. The standard InChI is InChI=1S/C14H9BrClN3O/c15-11-2-1-9(16)7-10(11)13-12(14(17)19-20-13)8-3-5-18-6-4-8/h1-7H,(H2,17,19). The Labute approximate surface area is 128 Å². The number of pyridine rings is 1. The van der Waals surface area contributed by atoms with Crippen molar-refractivity contribution in [3.63, 3.8) is 0 Å². The molecule has 0 unspecified atom stereocenters. The van der Waals surface area contributed by atoms with Crippen LogP contribution in [0.2, 0.25) is 5.02 Å². The Morgan fingerprint density at radius 1 is 1.15 bits per heavy atom. The summed E-state index contributed by atoms with van der Waals surface area (Å²) in [6, 6.07) is 9.15. The lowest BCUT2D eigenvalue weighted by Crippen LogP contribution is -1.89. The minimum atomic E-state index is 0.332. The van der Waals surface area contributed by atoms with E-state index in [0.29, 0.717) is 16.6 Å². The fourth-order valence-corrected chi connectivity index (χ4v) is 2.55. The fourth-order valence-electron chi connectivity index (χ4n) is 1.96. The van der Waals surface area contributed by atoms with E-state index >= 15 is 0 Å². The Balaban J connectivity index is 2.24. The van der Waals surface area contributed by atoms with Gasteiger partial charge in [-0.15, -0.1) is 0 Å². The van der Waals surface area contributed by atoms with Crippen molar-refractivity contribution in [3.05, 3.63) is 52.2 Å². The van der Waals surface area contributed by atoms with E-state index < -0.39 is 0 Å². The van der Waals surface area contributed by atoms with Crippen molar-refractivity contribution < 1.29 is 4.52 Å². The van der Waals surface area contributed by atoms with Crippen LogP contribution in [0.3, 0.4) is 0 Å². The van der Waals surface area contributed by atoms with Crippen LogP contribution in [0.5, 0.6) is 0 Å². The van der Waals surface area contributed by atoms with Gasteiger partial charge in [0, 0.05) is 27.5 Å². The Morgan fingerprint density at radius 3 is 2.65 bits per heavy atom. The maximum absolute atomic E-state index is 6.05. The minimum absolute atomic E-state index is 0.332. The summed E-state index contributed by atoms with van der Waals surface area (Å²) in [5.74, 6) is 0.904. The number of benzene rings is 1. The van der Waals surface area contributed by atoms with Gasteiger partial charge in [0.05, 0.1) is 5.56 Å². The molecule has 0 saturated carbocycles. The van der Waals surface area contributed by atoms with Crippen LogP contribution in [0.1, 0.15) is 0 Å². The molecule has 3 rings (SSSR count). The summed E-state index contributed by atoms with van der Waals surface area (Å²) < 4.78 is 6.24. The number of hydrogen-bond acceptors (Lipinski definition) is 4. The first-order valence-electron chi connectivity index (χ1n) is 5.78. The van der Waals surface area contributed by atoms with Gasteiger partial charge in [0.2, 0.25) is 0 Å². The van der Waals surface area contributed by atoms with Gasteiger partial charge in [0.1, 0.15) is 0 Å². The summed E-state index contributed by atoms with van der Waals surface area (Å²) in [6.07, 6.45) is 3.39. The van der Waals surface area contributed by atoms with Crippen molar-refractivity contribution >= 4 is 33.3 Å². The summed E-state index contributed by atoms with van der Waals surface area (Å²) in [5.41, 5.74) is 8.35. The van der Waals surface area contributed by atoms with E-state index in [0.717, 1.165) is 21.2 Å². The van der Waals surface area contributed by atoms with E-state index in [1.54, 1.807) is 24.5 Å². The Bertz CT molecular complexity index is 758. The number of nitrogens with zero attached hydrogens (tertiary/aromatic N) is 2. The molecule has 0 aliphatic carbocycles. The molecule has 0 radical (unpaired) electrons. The first-order valence-corrected chi connectivity index (χ1v) is 6.95. The summed E-state index contributed by atoms with van der Waals surface area (Å²) in [7, 11) is 0. The molecule has 100 valence electrons. The van der Waals surface area contributed by atoms with Crippen molar-refractivity contribution in [2.75, 3.05) is 5.73 Å². The summed E-state index contributed by atoms with van der Waals surface area (Å²) >= 11 is 9.53. The second kappa shape index (κ2) is 5.26. The molecule has 4 nitrogen and oxygen atoms in total. The van der Waals surface area contributed by atoms with E-state index in [-0.39, 0.29) is 0 Å². The van der Waals surface area contributed by atoms with E-state index in [4.69, 9.17) is 21.9 Å². The van der Waals surface area contributed by atoms with Gasteiger partial charge < -0.3 is 10.3 Å². The van der Waals surface area contributed by atoms with E-state index in [1.807, 2.05) is 18.2 Å². The molecular weight excluding hydrogens is 342 g/mol. The van der Waals surface area contributed by atoms with Gasteiger partial charge in [-0.2, -0.15) is 0 Å². The smallest absolute Gasteiger partial charge is 0.178 e. The average Bonchev–Trinajstić information content (AvgIpc) is 2.84. The fraction of sp³-hybridized carbons (Fsp3) is 0. The quantitative estimate of drug-likeness (QED) is 0.744. The van der Waals surface area contributed by atoms with E-state index in [9.17, 15) is 0 Å². The van der Waals surface area contributed by atoms with Crippen LogP contribution in [-0.2, 0) is 0 Å².